The normalized spacial score (nSPS) is 13.3. The molecule has 0 radical (unpaired) electrons. The van der Waals surface area contributed by atoms with Crippen LogP contribution in [0, 0.1) is 0 Å². The first-order valence-electron chi connectivity index (χ1n) is 8.83. The molecule has 1 aliphatic heterocycles. The van der Waals surface area contributed by atoms with Crippen molar-refractivity contribution in [1.29, 1.82) is 0 Å². The Morgan fingerprint density at radius 1 is 1.30 bits per heavy atom. The summed E-state index contributed by atoms with van der Waals surface area (Å²) in [4.78, 5) is 20.7. The van der Waals surface area contributed by atoms with Crippen molar-refractivity contribution in [3.8, 4) is 11.3 Å². The average molecular weight is 382 g/mol. The molecule has 0 spiro atoms. The number of fused-ring (bicyclic) bond motifs is 1. The summed E-state index contributed by atoms with van der Waals surface area (Å²) >= 11 is 6.06. The summed E-state index contributed by atoms with van der Waals surface area (Å²) in [5, 5.41) is 8.25. The SMILES string of the molecule is CN(CC(=O)N1CCc2[nH]nc(-c3ccncc3)c2C1)c1cccc(Cl)c1. The quantitative estimate of drug-likeness (QED) is 0.754. The molecule has 3 aromatic rings. The van der Waals surface area contributed by atoms with Gasteiger partial charge in [0, 0.05) is 66.5 Å². The molecule has 27 heavy (non-hydrogen) atoms. The summed E-state index contributed by atoms with van der Waals surface area (Å²) in [6, 6.07) is 11.4. The first-order valence-corrected chi connectivity index (χ1v) is 9.20. The third kappa shape index (κ3) is 3.66. The lowest BCUT2D eigenvalue weighted by Crippen LogP contribution is -2.41. The molecule has 138 valence electrons. The van der Waals surface area contributed by atoms with Crippen LogP contribution >= 0.6 is 11.6 Å². The van der Waals surface area contributed by atoms with Crippen LogP contribution in [0.5, 0.6) is 0 Å². The van der Waals surface area contributed by atoms with E-state index in [4.69, 9.17) is 11.6 Å². The maximum Gasteiger partial charge on any atom is 0.242 e. The average Bonchev–Trinajstić information content (AvgIpc) is 3.12. The second-order valence-corrected chi connectivity index (χ2v) is 7.10. The van der Waals surface area contributed by atoms with Crippen LogP contribution in [0.15, 0.2) is 48.8 Å². The number of H-pyrrole nitrogens is 1. The van der Waals surface area contributed by atoms with Crippen LogP contribution in [0.1, 0.15) is 11.3 Å². The molecule has 2 aromatic heterocycles. The monoisotopic (exact) mass is 381 g/mol. The second-order valence-electron chi connectivity index (χ2n) is 6.67. The van der Waals surface area contributed by atoms with Gasteiger partial charge in [0.1, 0.15) is 0 Å². The van der Waals surface area contributed by atoms with Crippen LogP contribution in [-0.4, -0.2) is 46.1 Å². The van der Waals surface area contributed by atoms with Gasteiger partial charge < -0.3 is 9.80 Å². The number of nitrogens with one attached hydrogen (secondary N) is 1. The summed E-state index contributed by atoms with van der Waals surface area (Å²) in [5.41, 5.74) is 5.02. The third-order valence-corrected chi connectivity index (χ3v) is 5.10. The highest BCUT2D eigenvalue weighted by Gasteiger charge is 2.26. The predicted octanol–water partition coefficient (Wildman–Crippen LogP) is 3.15. The van der Waals surface area contributed by atoms with E-state index >= 15 is 0 Å². The highest BCUT2D eigenvalue weighted by molar-refractivity contribution is 6.30. The number of aromatic amines is 1. The van der Waals surface area contributed by atoms with Crippen LogP contribution in [0.4, 0.5) is 5.69 Å². The topological polar surface area (TPSA) is 65.1 Å². The molecule has 0 saturated heterocycles. The molecular formula is C20H20ClN5O. The molecule has 1 aliphatic rings. The Bertz CT molecular complexity index is 956. The number of likely N-dealkylation sites (N-methyl/N-ethyl adjacent to an activating group) is 1. The highest BCUT2D eigenvalue weighted by atomic mass is 35.5. The van der Waals surface area contributed by atoms with Gasteiger partial charge in [-0.3, -0.25) is 14.9 Å². The van der Waals surface area contributed by atoms with Gasteiger partial charge in [0.15, 0.2) is 0 Å². The predicted molar refractivity (Wildman–Crippen MR) is 106 cm³/mol. The molecule has 0 atom stereocenters. The van der Waals surface area contributed by atoms with Crippen molar-refractivity contribution in [2.24, 2.45) is 0 Å². The van der Waals surface area contributed by atoms with E-state index in [0.717, 1.165) is 34.6 Å². The molecule has 0 aliphatic carbocycles. The first kappa shape index (κ1) is 17.5. The van der Waals surface area contributed by atoms with Crippen LogP contribution in [-0.2, 0) is 17.8 Å². The molecule has 1 N–H and O–H groups in total. The van der Waals surface area contributed by atoms with Gasteiger partial charge in [-0.15, -0.1) is 0 Å². The zero-order valence-electron chi connectivity index (χ0n) is 15.0. The number of pyridine rings is 1. The van der Waals surface area contributed by atoms with Crippen LogP contribution in [0.25, 0.3) is 11.3 Å². The largest absolute Gasteiger partial charge is 0.365 e. The Morgan fingerprint density at radius 3 is 2.89 bits per heavy atom. The minimum absolute atomic E-state index is 0.0880. The van der Waals surface area contributed by atoms with E-state index in [9.17, 15) is 4.79 Å². The van der Waals surface area contributed by atoms with Crippen molar-refractivity contribution in [3.63, 3.8) is 0 Å². The van der Waals surface area contributed by atoms with Gasteiger partial charge in [-0.05, 0) is 30.3 Å². The fraction of sp³-hybridized carbons (Fsp3) is 0.250. The number of hydrogen-bond acceptors (Lipinski definition) is 4. The fourth-order valence-corrected chi connectivity index (χ4v) is 3.55. The molecule has 6 nitrogen and oxygen atoms in total. The lowest BCUT2D eigenvalue weighted by atomic mass is 10.0. The van der Waals surface area contributed by atoms with Crippen molar-refractivity contribution >= 4 is 23.2 Å². The molecular weight excluding hydrogens is 362 g/mol. The number of benzene rings is 1. The minimum atomic E-state index is 0.0880. The number of amides is 1. The number of carbonyl (C=O) groups excluding carboxylic acids is 1. The van der Waals surface area contributed by atoms with Crippen molar-refractivity contribution in [2.45, 2.75) is 13.0 Å². The lowest BCUT2D eigenvalue weighted by Gasteiger charge is -2.29. The number of rotatable bonds is 4. The highest BCUT2D eigenvalue weighted by Crippen LogP contribution is 2.28. The van der Waals surface area contributed by atoms with E-state index < -0.39 is 0 Å². The number of aromatic nitrogens is 3. The molecule has 1 amide bonds. The van der Waals surface area contributed by atoms with Crippen molar-refractivity contribution in [1.82, 2.24) is 20.1 Å². The summed E-state index contributed by atoms with van der Waals surface area (Å²) in [6.07, 6.45) is 4.28. The van der Waals surface area contributed by atoms with Gasteiger partial charge >= 0.3 is 0 Å². The number of hydrogen-bond donors (Lipinski definition) is 1. The third-order valence-electron chi connectivity index (χ3n) is 4.86. The van der Waals surface area contributed by atoms with Gasteiger partial charge in [0.05, 0.1) is 12.2 Å². The fourth-order valence-electron chi connectivity index (χ4n) is 3.36. The molecule has 7 heteroatoms. The van der Waals surface area contributed by atoms with E-state index in [1.165, 1.54) is 0 Å². The Kier molecular flexibility index (Phi) is 4.81. The smallest absolute Gasteiger partial charge is 0.242 e. The number of nitrogens with zero attached hydrogens (tertiary/aromatic N) is 4. The van der Waals surface area contributed by atoms with E-state index in [2.05, 4.69) is 15.2 Å². The Hall–Kier alpha value is -2.86. The second kappa shape index (κ2) is 7.40. The van der Waals surface area contributed by atoms with Gasteiger partial charge in [-0.1, -0.05) is 17.7 Å². The zero-order valence-corrected chi connectivity index (χ0v) is 15.8. The maximum atomic E-state index is 12.9. The molecule has 3 heterocycles. The van der Waals surface area contributed by atoms with Crippen LogP contribution < -0.4 is 4.90 Å². The van der Waals surface area contributed by atoms with E-state index in [1.807, 2.05) is 53.2 Å². The van der Waals surface area contributed by atoms with Gasteiger partial charge in [0.25, 0.3) is 0 Å². The number of anilines is 1. The van der Waals surface area contributed by atoms with Crippen LogP contribution in [0.2, 0.25) is 5.02 Å². The standard InChI is InChI=1S/C20H20ClN5O/c1-25(16-4-2-3-15(21)11-16)13-19(27)26-10-7-18-17(12-26)20(24-23-18)14-5-8-22-9-6-14/h2-6,8-9,11H,7,10,12-13H2,1H3,(H,23,24). The number of halogens is 1. The molecule has 0 bridgehead atoms. The molecule has 1 aromatic carbocycles. The molecule has 0 fully saturated rings. The van der Waals surface area contributed by atoms with E-state index in [0.29, 0.717) is 24.7 Å². The van der Waals surface area contributed by atoms with E-state index in [1.54, 1.807) is 12.4 Å². The van der Waals surface area contributed by atoms with Crippen molar-refractivity contribution in [3.05, 3.63) is 65.1 Å². The summed E-state index contributed by atoms with van der Waals surface area (Å²) < 4.78 is 0. The Morgan fingerprint density at radius 2 is 2.11 bits per heavy atom. The van der Waals surface area contributed by atoms with Gasteiger partial charge in [-0.25, -0.2) is 0 Å². The van der Waals surface area contributed by atoms with Crippen LogP contribution in [0.3, 0.4) is 0 Å². The number of carbonyl (C=O) groups is 1. The Labute approximate surface area is 162 Å². The Balaban J connectivity index is 1.49. The van der Waals surface area contributed by atoms with Gasteiger partial charge in [-0.2, -0.15) is 5.10 Å². The van der Waals surface area contributed by atoms with Crippen molar-refractivity contribution < 1.29 is 4.79 Å². The zero-order chi connectivity index (χ0) is 18.8. The summed E-state index contributed by atoms with van der Waals surface area (Å²) in [6.45, 7) is 1.55. The molecule has 4 rings (SSSR count). The first-order chi connectivity index (χ1) is 13.1. The summed E-state index contributed by atoms with van der Waals surface area (Å²) in [5.74, 6) is 0.0880. The van der Waals surface area contributed by atoms with Gasteiger partial charge in [0.2, 0.25) is 5.91 Å². The minimum Gasteiger partial charge on any atom is -0.365 e. The molecule has 0 unspecified atom stereocenters. The summed E-state index contributed by atoms with van der Waals surface area (Å²) in [7, 11) is 1.90. The van der Waals surface area contributed by atoms with Crippen molar-refractivity contribution in [2.75, 3.05) is 25.0 Å². The lowest BCUT2D eigenvalue weighted by molar-refractivity contribution is -0.130. The maximum absolute atomic E-state index is 12.9. The molecule has 0 saturated carbocycles. The van der Waals surface area contributed by atoms with E-state index in [-0.39, 0.29) is 5.91 Å².